The number of para-hydroxylation sites is 4. The van der Waals surface area contributed by atoms with Crippen molar-refractivity contribution in [1.82, 2.24) is 9.13 Å². The molecule has 0 bridgehead atoms. The summed E-state index contributed by atoms with van der Waals surface area (Å²) in [6.45, 7) is 0. The van der Waals surface area contributed by atoms with E-state index in [0.717, 1.165) is 11.4 Å². The van der Waals surface area contributed by atoms with Crippen LogP contribution in [-0.2, 0) is 0 Å². The molecule has 0 radical (unpaired) electrons. The van der Waals surface area contributed by atoms with E-state index in [1.54, 1.807) is 0 Å². The third-order valence-electron chi connectivity index (χ3n) is 10.1. The van der Waals surface area contributed by atoms with Gasteiger partial charge in [-0.3, -0.25) is 0 Å². The van der Waals surface area contributed by atoms with Gasteiger partial charge in [-0.2, -0.15) is 0 Å². The second-order valence-electron chi connectivity index (χ2n) is 13.0. The third kappa shape index (κ3) is 4.57. The summed E-state index contributed by atoms with van der Waals surface area (Å²) in [6.07, 6.45) is 0. The van der Waals surface area contributed by atoms with Gasteiger partial charge < -0.3 is 9.13 Å². The lowest BCUT2D eigenvalue weighted by molar-refractivity contribution is 1.18. The minimum atomic E-state index is 1.16. The molecule has 234 valence electrons. The van der Waals surface area contributed by atoms with E-state index in [1.807, 2.05) is 0 Å². The largest absolute Gasteiger partial charge is 0.309 e. The number of nitrogens with zero attached hydrogens (tertiary/aromatic N) is 2. The fraction of sp³-hybridized carbons (Fsp3) is 0. The molecule has 0 saturated carbocycles. The molecular weight excluding hydrogens is 605 g/mol. The molecule has 0 amide bonds. The van der Waals surface area contributed by atoms with Crippen LogP contribution >= 0.6 is 0 Å². The van der Waals surface area contributed by atoms with Crippen LogP contribution in [0.1, 0.15) is 0 Å². The molecule has 2 nitrogen and oxygen atoms in total. The Morgan fingerprint density at radius 1 is 0.220 bits per heavy atom. The minimum absolute atomic E-state index is 1.16. The SMILES string of the molecule is c1cc(-c2cccc(-c3cccc(-n4c5ccccc5c5ccccc54)c3)c2)cc(-c2cccc(-n3c4ccccc4c4ccccc43)c2)c1. The lowest BCUT2D eigenvalue weighted by Gasteiger charge is -2.12. The molecule has 0 aliphatic heterocycles. The van der Waals surface area contributed by atoms with Crippen molar-refractivity contribution in [3.8, 4) is 44.8 Å². The Balaban J connectivity index is 1.03. The van der Waals surface area contributed by atoms with E-state index in [2.05, 4.69) is 203 Å². The Morgan fingerprint density at radius 2 is 0.480 bits per heavy atom. The molecule has 0 saturated heterocycles. The molecule has 2 heterocycles. The summed E-state index contributed by atoms with van der Waals surface area (Å²) in [5, 5.41) is 5.10. The van der Waals surface area contributed by atoms with E-state index in [0.29, 0.717) is 0 Å². The van der Waals surface area contributed by atoms with E-state index in [9.17, 15) is 0 Å². The number of hydrogen-bond acceptors (Lipinski definition) is 0. The lowest BCUT2D eigenvalue weighted by atomic mass is 9.96. The van der Waals surface area contributed by atoms with Crippen LogP contribution in [-0.4, -0.2) is 9.13 Å². The maximum Gasteiger partial charge on any atom is 0.0541 e. The van der Waals surface area contributed by atoms with Gasteiger partial charge in [0.05, 0.1) is 22.1 Å². The van der Waals surface area contributed by atoms with E-state index >= 15 is 0 Å². The normalized spacial score (nSPS) is 11.6. The van der Waals surface area contributed by atoms with Crippen molar-refractivity contribution in [2.45, 2.75) is 0 Å². The van der Waals surface area contributed by atoms with Gasteiger partial charge in [0.25, 0.3) is 0 Å². The highest BCUT2D eigenvalue weighted by Gasteiger charge is 2.14. The highest BCUT2D eigenvalue weighted by molar-refractivity contribution is 6.10. The molecule has 2 heteroatoms. The molecule has 0 aliphatic carbocycles. The zero-order valence-corrected chi connectivity index (χ0v) is 27.4. The van der Waals surface area contributed by atoms with Gasteiger partial charge in [-0.15, -0.1) is 0 Å². The highest BCUT2D eigenvalue weighted by Crippen LogP contribution is 2.36. The van der Waals surface area contributed by atoms with Crippen LogP contribution in [0.25, 0.3) is 88.4 Å². The summed E-state index contributed by atoms with van der Waals surface area (Å²) < 4.78 is 4.77. The predicted molar refractivity (Wildman–Crippen MR) is 211 cm³/mol. The van der Waals surface area contributed by atoms with Crippen molar-refractivity contribution in [3.05, 3.63) is 194 Å². The molecule has 2 aromatic heterocycles. The van der Waals surface area contributed by atoms with Gasteiger partial charge in [-0.05, 0) is 94.0 Å². The smallest absolute Gasteiger partial charge is 0.0541 e. The highest BCUT2D eigenvalue weighted by atomic mass is 15.0. The molecule has 0 atom stereocenters. The first-order valence-corrected chi connectivity index (χ1v) is 17.2. The Morgan fingerprint density at radius 3 is 0.800 bits per heavy atom. The van der Waals surface area contributed by atoms with Crippen molar-refractivity contribution in [2.75, 3.05) is 0 Å². The lowest BCUT2D eigenvalue weighted by Crippen LogP contribution is -1.94. The van der Waals surface area contributed by atoms with Crippen LogP contribution < -0.4 is 0 Å². The molecule has 8 aromatic carbocycles. The van der Waals surface area contributed by atoms with Crippen LogP contribution in [0.3, 0.4) is 0 Å². The van der Waals surface area contributed by atoms with Gasteiger partial charge in [0.1, 0.15) is 0 Å². The Bertz CT molecular complexity index is 2580. The summed E-state index contributed by atoms with van der Waals surface area (Å²) in [6, 6.07) is 70.4. The summed E-state index contributed by atoms with van der Waals surface area (Å²) in [5.74, 6) is 0. The van der Waals surface area contributed by atoms with Crippen LogP contribution in [0, 0.1) is 0 Å². The average molecular weight is 637 g/mol. The third-order valence-corrected chi connectivity index (χ3v) is 10.1. The van der Waals surface area contributed by atoms with Crippen LogP contribution in [0.4, 0.5) is 0 Å². The van der Waals surface area contributed by atoms with E-state index in [4.69, 9.17) is 0 Å². The number of aromatic nitrogens is 2. The fourth-order valence-corrected chi connectivity index (χ4v) is 7.81. The molecular formula is C48H32N2. The predicted octanol–water partition coefficient (Wildman–Crippen LogP) is 12.9. The van der Waals surface area contributed by atoms with Gasteiger partial charge in [-0.1, -0.05) is 133 Å². The number of hydrogen-bond donors (Lipinski definition) is 0. The first-order chi connectivity index (χ1) is 24.8. The Hall–Kier alpha value is -6.64. The minimum Gasteiger partial charge on any atom is -0.309 e. The maximum absolute atomic E-state index is 2.38. The number of rotatable bonds is 5. The summed E-state index contributed by atoms with van der Waals surface area (Å²) in [5.41, 5.74) is 14.4. The summed E-state index contributed by atoms with van der Waals surface area (Å²) in [4.78, 5) is 0. The monoisotopic (exact) mass is 636 g/mol. The molecule has 10 aromatic rings. The van der Waals surface area contributed by atoms with Crippen molar-refractivity contribution in [2.24, 2.45) is 0 Å². The van der Waals surface area contributed by atoms with Crippen molar-refractivity contribution >= 4 is 43.6 Å². The van der Waals surface area contributed by atoms with E-state index in [-0.39, 0.29) is 0 Å². The fourth-order valence-electron chi connectivity index (χ4n) is 7.81. The first kappa shape index (κ1) is 28.4. The summed E-state index contributed by atoms with van der Waals surface area (Å²) in [7, 11) is 0. The van der Waals surface area contributed by atoms with Crippen molar-refractivity contribution in [3.63, 3.8) is 0 Å². The maximum atomic E-state index is 2.38. The average Bonchev–Trinajstić information content (AvgIpc) is 3.71. The molecule has 0 unspecified atom stereocenters. The van der Waals surface area contributed by atoms with Gasteiger partial charge in [0.15, 0.2) is 0 Å². The standard InChI is InChI=1S/C48H32N2/c1-5-25-45-41(21-1)42-22-2-6-26-46(42)49(45)39-19-11-17-37(31-39)35-15-9-13-33(29-35)34-14-10-16-36(30-34)38-18-12-20-40(32-38)50-47-27-7-3-23-43(47)44-24-4-8-28-48(44)50/h1-32H. The van der Waals surface area contributed by atoms with Crippen molar-refractivity contribution in [1.29, 1.82) is 0 Å². The number of fused-ring (bicyclic) bond motifs is 6. The first-order valence-electron chi connectivity index (χ1n) is 17.2. The zero-order chi connectivity index (χ0) is 33.0. The van der Waals surface area contributed by atoms with Gasteiger partial charge >= 0.3 is 0 Å². The van der Waals surface area contributed by atoms with Gasteiger partial charge in [-0.25, -0.2) is 0 Å². The molecule has 0 N–H and O–H groups in total. The molecule has 0 fully saturated rings. The van der Waals surface area contributed by atoms with Crippen LogP contribution in [0.5, 0.6) is 0 Å². The molecule has 50 heavy (non-hydrogen) atoms. The van der Waals surface area contributed by atoms with Crippen LogP contribution in [0.15, 0.2) is 194 Å². The quantitative estimate of drug-likeness (QED) is 0.178. The summed E-state index contributed by atoms with van der Waals surface area (Å²) >= 11 is 0. The van der Waals surface area contributed by atoms with Crippen LogP contribution in [0.2, 0.25) is 0 Å². The zero-order valence-electron chi connectivity index (χ0n) is 27.4. The van der Waals surface area contributed by atoms with Crippen molar-refractivity contribution < 1.29 is 0 Å². The molecule has 10 rings (SSSR count). The second-order valence-corrected chi connectivity index (χ2v) is 13.0. The van der Waals surface area contributed by atoms with Gasteiger partial charge in [0.2, 0.25) is 0 Å². The topological polar surface area (TPSA) is 9.86 Å². The van der Waals surface area contributed by atoms with Gasteiger partial charge in [0, 0.05) is 32.9 Å². The second kappa shape index (κ2) is 11.5. The molecule has 0 aliphatic rings. The van der Waals surface area contributed by atoms with E-state index < -0.39 is 0 Å². The van der Waals surface area contributed by atoms with E-state index in [1.165, 1.54) is 77.0 Å². The Kier molecular flexibility index (Phi) is 6.53. The Labute approximate surface area is 290 Å². The number of benzene rings is 8. The molecule has 0 spiro atoms.